The van der Waals surface area contributed by atoms with E-state index in [2.05, 4.69) is 6.08 Å². The van der Waals surface area contributed by atoms with E-state index in [1.54, 1.807) is 6.07 Å². The Morgan fingerprint density at radius 1 is 1.14 bits per heavy atom. The molecule has 22 heavy (non-hydrogen) atoms. The van der Waals surface area contributed by atoms with Crippen LogP contribution in [0.4, 0.5) is 0 Å². The first-order valence-electron chi connectivity index (χ1n) is 7.18. The highest BCUT2D eigenvalue weighted by Gasteiger charge is 2.07. The van der Waals surface area contributed by atoms with Crippen LogP contribution in [0.25, 0.3) is 21.9 Å². The van der Waals surface area contributed by atoms with Crippen LogP contribution in [-0.2, 0) is 6.42 Å². The van der Waals surface area contributed by atoms with Crippen LogP contribution in [0.3, 0.4) is 0 Å². The molecular formula is C19H17NO2. The summed E-state index contributed by atoms with van der Waals surface area (Å²) in [6.07, 6.45) is 6.20. The number of nitrogens with two attached hydrogens (primary N) is 1. The van der Waals surface area contributed by atoms with Gasteiger partial charge in [0.2, 0.25) is 5.43 Å². The largest absolute Gasteiger partial charge is 0.456 e. The van der Waals surface area contributed by atoms with Crippen LogP contribution < -0.4 is 11.2 Å². The lowest BCUT2D eigenvalue weighted by Gasteiger charge is -2.03. The second kappa shape index (κ2) is 5.90. The fourth-order valence-electron chi connectivity index (χ4n) is 2.48. The number of hydrogen-bond donors (Lipinski definition) is 1. The van der Waals surface area contributed by atoms with Gasteiger partial charge in [-0.15, -0.1) is 0 Å². The molecule has 2 aromatic carbocycles. The van der Waals surface area contributed by atoms with Crippen LogP contribution in [0.1, 0.15) is 12.5 Å². The summed E-state index contributed by atoms with van der Waals surface area (Å²) in [5.74, 6) is 0. The van der Waals surface area contributed by atoms with Gasteiger partial charge in [0.15, 0.2) is 0 Å². The van der Waals surface area contributed by atoms with Crippen LogP contribution in [0.15, 0.2) is 75.6 Å². The molecule has 0 aliphatic heterocycles. The first-order chi connectivity index (χ1) is 10.7. The van der Waals surface area contributed by atoms with Crippen molar-refractivity contribution in [1.82, 2.24) is 0 Å². The van der Waals surface area contributed by atoms with E-state index >= 15 is 0 Å². The third-order valence-electron chi connectivity index (χ3n) is 3.66. The molecule has 0 bridgehead atoms. The van der Waals surface area contributed by atoms with Crippen molar-refractivity contribution in [3.8, 4) is 0 Å². The zero-order chi connectivity index (χ0) is 15.5. The van der Waals surface area contributed by atoms with Gasteiger partial charge in [-0.05, 0) is 55.4 Å². The van der Waals surface area contributed by atoms with Crippen LogP contribution in [0.2, 0.25) is 0 Å². The Labute approximate surface area is 128 Å². The quantitative estimate of drug-likeness (QED) is 0.588. The molecule has 2 N–H and O–H groups in total. The van der Waals surface area contributed by atoms with E-state index in [0.717, 1.165) is 17.6 Å². The lowest BCUT2D eigenvalue weighted by molar-refractivity contribution is 0.660. The normalized spacial score (nSPS) is 12.5. The fourth-order valence-corrected chi connectivity index (χ4v) is 2.48. The highest BCUT2D eigenvalue weighted by atomic mass is 16.3. The number of fused-ring (bicyclic) bond motifs is 2. The number of allylic oxidation sites excluding steroid dienone is 3. The van der Waals surface area contributed by atoms with Crippen molar-refractivity contribution in [3.63, 3.8) is 0 Å². The van der Waals surface area contributed by atoms with Crippen LogP contribution in [-0.4, -0.2) is 0 Å². The van der Waals surface area contributed by atoms with E-state index in [1.165, 1.54) is 6.20 Å². The standard InChI is InChI=1S/C19H17NO2/c1-13(10-11-20)6-7-14-8-9-18-16(12-14)19(21)15-4-2-3-5-17(15)22-18/h2-6,8-12H,7,20H2,1H3/b11-10-,13-6-. The molecule has 0 aliphatic carbocycles. The molecule has 0 spiro atoms. The maximum atomic E-state index is 12.6. The zero-order valence-electron chi connectivity index (χ0n) is 12.4. The summed E-state index contributed by atoms with van der Waals surface area (Å²) in [5.41, 5.74) is 8.79. The first-order valence-corrected chi connectivity index (χ1v) is 7.18. The molecule has 3 nitrogen and oxygen atoms in total. The Bertz CT molecular complexity index is 948. The summed E-state index contributed by atoms with van der Waals surface area (Å²) in [4.78, 5) is 12.6. The monoisotopic (exact) mass is 291 g/mol. The maximum Gasteiger partial charge on any atom is 0.200 e. The van der Waals surface area contributed by atoms with Gasteiger partial charge < -0.3 is 10.2 Å². The van der Waals surface area contributed by atoms with Gasteiger partial charge in [-0.3, -0.25) is 4.79 Å². The number of para-hydroxylation sites is 1. The molecule has 0 saturated heterocycles. The predicted molar refractivity (Wildman–Crippen MR) is 90.8 cm³/mol. The molecule has 3 rings (SSSR count). The van der Waals surface area contributed by atoms with Gasteiger partial charge in [0.1, 0.15) is 11.2 Å². The lowest BCUT2D eigenvalue weighted by atomic mass is 10.1. The zero-order valence-corrected chi connectivity index (χ0v) is 12.4. The van der Waals surface area contributed by atoms with Crippen molar-refractivity contribution >= 4 is 21.9 Å². The van der Waals surface area contributed by atoms with Crippen molar-refractivity contribution in [2.45, 2.75) is 13.3 Å². The Morgan fingerprint density at radius 3 is 2.73 bits per heavy atom. The van der Waals surface area contributed by atoms with Crippen molar-refractivity contribution in [1.29, 1.82) is 0 Å². The molecule has 1 aromatic heterocycles. The molecule has 1 heterocycles. The van der Waals surface area contributed by atoms with Gasteiger partial charge >= 0.3 is 0 Å². The molecule has 0 aliphatic rings. The minimum Gasteiger partial charge on any atom is -0.456 e. The van der Waals surface area contributed by atoms with Gasteiger partial charge in [-0.1, -0.05) is 29.8 Å². The van der Waals surface area contributed by atoms with E-state index in [1.807, 2.05) is 49.4 Å². The van der Waals surface area contributed by atoms with E-state index in [-0.39, 0.29) is 5.43 Å². The van der Waals surface area contributed by atoms with Crippen LogP contribution in [0, 0.1) is 0 Å². The second-order valence-corrected chi connectivity index (χ2v) is 5.27. The predicted octanol–water partition coefficient (Wildman–Crippen LogP) is 3.91. The van der Waals surface area contributed by atoms with Crippen molar-refractivity contribution in [2.75, 3.05) is 0 Å². The highest BCUT2D eigenvalue weighted by Crippen LogP contribution is 2.20. The summed E-state index contributed by atoms with van der Waals surface area (Å²) in [5, 5.41) is 1.24. The fraction of sp³-hybridized carbons (Fsp3) is 0.105. The minimum atomic E-state index is 0.0151. The number of hydrogen-bond acceptors (Lipinski definition) is 3. The van der Waals surface area contributed by atoms with E-state index in [4.69, 9.17) is 10.2 Å². The van der Waals surface area contributed by atoms with Crippen molar-refractivity contribution in [2.24, 2.45) is 5.73 Å². The van der Waals surface area contributed by atoms with Crippen LogP contribution in [0.5, 0.6) is 0 Å². The Morgan fingerprint density at radius 2 is 1.91 bits per heavy atom. The average Bonchev–Trinajstić information content (AvgIpc) is 2.54. The Balaban J connectivity index is 2.09. The lowest BCUT2D eigenvalue weighted by Crippen LogP contribution is -2.02. The van der Waals surface area contributed by atoms with Crippen molar-refractivity contribution in [3.05, 3.63) is 82.2 Å². The summed E-state index contributed by atoms with van der Waals surface area (Å²) < 4.78 is 5.80. The molecule has 110 valence electrons. The molecular weight excluding hydrogens is 274 g/mol. The molecule has 0 saturated carbocycles. The van der Waals surface area contributed by atoms with Gasteiger partial charge in [-0.2, -0.15) is 0 Å². The molecule has 0 unspecified atom stereocenters. The molecule has 0 radical (unpaired) electrons. The van der Waals surface area contributed by atoms with E-state index in [0.29, 0.717) is 21.9 Å². The number of benzene rings is 2. The molecule has 0 amide bonds. The maximum absolute atomic E-state index is 12.6. The van der Waals surface area contributed by atoms with Gasteiger partial charge in [0, 0.05) is 0 Å². The first kappa shape index (κ1) is 14.1. The van der Waals surface area contributed by atoms with E-state index < -0.39 is 0 Å². The van der Waals surface area contributed by atoms with Crippen LogP contribution >= 0.6 is 0 Å². The molecule has 0 atom stereocenters. The Hall–Kier alpha value is -2.81. The Kier molecular flexibility index (Phi) is 3.79. The van der Waals surface area contributed by atoms with Gasteiger partial charge in [0.25, 0.3) is 0 Å². The summed E-state index contributed by atoms with van der Waals surface area (Å²) in [7, 11) is 0. The molecule has 3 aromatic rings. The van der Waals surface area contributed by atoms with E-state index in [9.17, 15) is 4.79 Å². The SMILES string of the molecule is CC(/C=C\N)=C/Cc1ccc2oc3ccccc3c(=O)c2c1. The summed E-state index contributed by atoms with van der Waals surface area (Å²) >= 11 is 0. The third kappa shape index (κ3) is 2.66. The topological polar surface area (TPSA) is 56.2 Å². The number of rotatable bonds is 3. The van der Waals surface area contributed by atoms with Crippen molar-refractivity contribution < 1.29 is 4.42 Å². The highest BCUT2D eigenvalue weighted by molar-refractivity contribution is 5.89. The minimum absolute atomic E-state index is 0.0151. The van der Waals surface area contributed by atoms with Gasteiger partial charge in [0.05, 0.1) is 10.8 Å². The molecule has 3 heteroatoms. The van der Waals surface area contributed by atoms with Gasteiger partial charge in [-0.25, -0.2) is 0 Å². The average molecular weight is 291 g/mol. The molecule has 0 fully saturated rings. The summed E-state index contributed by atoms with van der Waals surface area (Å²) in [6.45, 7) is 1.99. The summed E-state index contributed by atoms with van der Waals surface area (Å²) in [6, 6.07) is 13.1. The third-order valence-corrected chi connectivity index (χ3v) is 3.66. The smallest absolute Gasteiger partial charge is 0.200 e. The second-order valence-electron chi connectivity index (χ2n) is 5.27.